The Kier molecular flexibility index (Phi) is 6.52. The van der Waals surface area contributed by atoms with Gasteiger partial charge in [0.25, 0.3) is 0 Å². The third kappa shape index (κ3) is 4.82. The normalized spacial score (nSPS) is 11.3. The Morgan fingerprint density at radius 2 is 1.62 bits per heavy atom. The van der Waals surface area contributed by atoms with Crippen LogP contribution in [-0.2, 0) is 15.9 Å². The van der Waals surface area contributed by atoms with E-state index in [1.54, 1.807) is 20.3 Å². The Bertz CT molecular complexity index is 1230. The van der Waals surface area contributed by atoms with Gasteiger partial charge in [0.15, 0.2) is 5.75 Å². The largest absolute Gasteiger partial charge is 0.491 e. The molecule has 0 spiro atoms. The van der Waals surface area contributed by atoms with Crippen LogP contribution in [0.25, 0.3) is 22.1 Å². The topological polar surface area (TPSA) is 144 Å². The Morgan fingerprint density at radius 1 is 0.906 bits per heavy atom. The zero-order valence-corrected chi connectivity index (χ0v) is 18.0. The molecule has 10 heteroatoms. The maximum atomic E-state index is 7.60. The molecule has 0 atom stereocenters. The van der Waals surface area contributed by atoms with Crippen molar-refractivity contribution in [2.45, 2.75) is 6.42 Å². The Morgan fingerprint density at radius 3 is 2.38 bits per heavy atom. The maximum absolute atomic E-state index is 7.60. The molecule has 32 heavy (non-hydrogen) atoms. The highest BCUT2D eigenvalue weighted by molar-refractivity contribution is 5.97. The standard InChI is InChI=1S/C22H26N6O4/c1-29-5-7-31-14-10-17-21(18(11-14)32-8-6-30-2)28-20(27-17)12-19-25-15-4-3-13(22(23)24)9-16(15)26-19/h3-4,9-11H,5-8,12H2,1-2H3,(H3,23,24)(H,25,26)(H,27,28). The molecular weight excluding hydrogens is 412 g/mol. The summed E-state index contributed by atoms with van der Waals surface area (Å²) >= 11 is 0. The van der Waals surface area contributed by atoms with Crippen LogP contribution in [0, 0.1) is 5.41 Å². The Hall–Kier alpha value is -3.63. The summed E-state index contributed by atoms with van der Waals surface area (Å²) in [5.41, 5.74) is 9.37. The highest BCUT2D eigenvalue weighted by Crippen LogP contribution is 2.30. The van der Waals surface area contributed by atoms with Crippen molar-refractivity contribution >= 4 is 27.9 Å². The fraction of sp³-hybridized carbons (Fsp3) is 0.318. The third-order valence-corrected chi connectivity index (χ3v) is 4.85. The minimum atomic E-state index is 0.0184. The third-order valence-electron chi connectivity index (χ3n) is 4.85. The zero-order chi connectivity index (χ0) is 22.5. The summed E-state index contributed by atoms with van der Waals surface area (Å²) in [4.78, 5) is 15.9. The SMILES string of the molecule is COCCOc1cc(OCCOC)c2nc(Cc3nc4ccc(C(=N)N)cc4[nH]3)[nH]c2c1. The number of nitrogens with two attached hydrogens (primary N) is 1. The van der Waals surface area contributed by atoms with Gasteiger partial charge in [0.2, 0.25) is 0 Å². The molecular formula is C22H26N6O4. The van der Waals surface area contributed by atoms with Gasteiger partial charge in [-0.3, -0.25) is 5.41 Å². The van der Waals surface area contributed by atoms with Crippen molar-refractivity contribution in [3.63, 3.8) is 0 Å². The van der Waals surface area contributed by atoms with E-state index in [-0.39, 0.29) is 5.84 Å². The van der Waals surface area contributed by atoms with Gasteiger partial charge in [-0.2, -0.15) is 0 Å². The molecule has 2 aromatic carbocycles. The lowest BCUT2D eigenvalue weighted by Crippen LogP contribution is -2.10. The molecule has 0 bridgehead atoms. The van der Waals surface area contributed by atoms with E-state index in [2.05, 4.69) is 15.0 Å². The molecule has 2 heterocycles. The second-order valence-electron chi connectivity index (χ2n) is 7.19. The van der Waals surface area contributed by atoms with E-state index < -0.39 is 0 Å². The van der Waals surface area contributed by atoms with E-state index in [4.69, 9.17) is 35.1 Å². The molecule has 0 aliphatic carbocycles. The van der Waals surface area contributed by atoms with Crippen LogP contribution in [0.2, 0.25) is 0 Å². The number of methoxy groups -OCH3 is 2. The van der Waals surface area contributed by atoms with Crippen molar-refractivity contribution < 1.29 is 18.9 Å². The minimum absolute atomic E-state index is 0.0184. The van der Waals surface area contributed by atoms with Crippen molar-refractivity contribution in [1.82, 2.24) is 19.9 Å². The highest BCUT2D eigenvalue weighted by Gasteiger charge is 2.14. The number of nitrogens with one attached hydrogen (secondary N) is 3. The lowest BCUT2D eigenvalue weighted by Gasteiger charge is -2.10. The molecule has 0 radical (unpaired) electrons. The second-order valence-corrected chi connectivity index (χ2v) is 7.19. The van der Waals surface area contributed by atoms with Crippen LogP contribution in [0.15, 0.2) is 30.3 Å². The number of H-pyrrole nitrogens is 2. The van der Waals surface area contributed by atoms with E-state index in [0.717, 1.165) is 28.2 Å². The smallest absolute Gasteiger partial charge is 0.150 e. The summed E-state index contributed by atoms with van der Waals surface area (Å²) in [6, 6.07) is 9.16. The number of benzene rings is 2. The molecule has 10 nitrogen and oxygen atoms in total. The number of fused-ring (bicyclic) bond motifs is 2. The number of nitrogens with zero attached hydrogens (tertiary/aromatic N) is 2. The van der Waals surface area contributed by atoms with E-state index in [9.17, 15) is 0 Å². The maximum Gasteiger partial charge on any atom is 0.150 e. The van der Waals surface area contributed by atoms with Crippen LogP contribution < -0.4 is 15.2 Å². The summed E-state index contributed by atoms with van der Waals surface area (Å²) in [5.74, 6) is 2.78. The summed E-state index contributed by atoms with van der Waals surface area (Å²) in [7, 11) is 3.26. The number of ether oxygens (including phenoxy) is 4. The van der Waals surface area contributed by atoms with Crippen LogP contribution >= 0.6 is 0 Å². The molecule has 4 rings (SSSR count). The average Bonchev–Trinajstić information content (AvgIpc) is 3.36. The number of imidazole rings is 2. The molecule has 0 amide bonds. The molecule has 0 fully saturated rings. The molecule has 0 saturated carbocycles. The quantitative estimate of drug-likeness (QED) is 0.160. The molecule has 5 N–H and O–H groups in total. The summed E-state index contributed by atoms with van der Waals surface area (Å²) in [6.45, 7) is 1.79. The van der Waals surface area contributed by atoms with Crippen molar-refractivity contribution in [3.8, 4) is 11.5 Å². The van der Waals surface area contributed by atoms with E-state index in [0.29, 0.717) is 55.4 Å². The van der Waals surface area contributed by atoms with Gasteiger partial charge in [-0.25, -0.2) is 9.97 Å². The van der Waals surface area contributed by atoms with Crippen LogP contribution in [0.1, 0.15) is 17.2 Å². The van der Waals surface area contributed by atoms with Crippen LogP contribution in [0.4, 0.5) is 0 Å². The molecule has 0 unspecified atom stereocenters. The number of aromatic amines is 2. The van der Waals surface area contributed by atoms with Gasteiger partial charge in [-0.15, -0.1) is 0 Å². The van der Waals surface area contributed by atoms with Gasteiger partial charge in [0.1, 0.15) is 42.0 Å². The number of rotatable bonds is 11. The first-order valence-electron chi connectivity index (χ1n) is 10.2. The summed E-state index contributed by atoms with van der Waals surface area (Å²) < 4.78 is 21.8. The van der Waals surface area contributed by atoms with E-state index >= 15 is 0 Å². The van der Waals surface area contributed by atoms with Gasteiger partial charge in [0, 0.05) is 31.9 Å². The predicted molar refractivity (Wildman–Crippen MR) is 121 cm³/mol. The zero-order valence-electron chi connectivity index (χ0n) is 18.0. The van der Waals surface area contributed by atoms with Crippen molar-refractivity contribution in [2.24, 2.45) is 5.73 Å². The first-order valence-corrected chi connectivity index (χ1v) is 10.2. The van der Waals surface area contributed by atoms with Crippen LogP contribution in [0.3, 0.4) is 0 Å². The summed E-state index contributed by atoms with van der Waals surface area (Å²) in [6.07, 6.45) is 0.468. The van der Waals surface area contributed by atoms with E-state index in [1.807, 2.05) is 24.3 Å². The lowest BCUT2D eigenvalue weighted by molar-refractivity contribution is 0.143. The number of nitrogen functional groups attached to an aromatic ring is 1. The molecule has 0 aliphatic rings. The monoisotopic (exact) mass is 438 g/mol. The molecule has 4 aromatic rings. The molecule has 2 aromatic heterocycles. The van der Waals surface area contributed by atoms with Crippen molar-refractivity contribution in [3.05, 3.63) is 47.5 Å². The predicted octanol–water partition coefficient (Wildman–Crippen LogP) is 2.36. The molecule has 0 saturated heterocycles. The first kappa shape index (κ1) is 21.6. The van der Waals surface area contributed by atoms with Gasteiger partial charge >= 0.3 is 0 Å². The fourth-order valence-corrected chi connectivity index (χ4v) is 3.34. The number of amidine groups is 1. The number of hydrogen-bond donors (Lipinski definition) is 4. The Labute approximate surface area is 184 Å². The van der Waals surface area contributed by atoms with Gasteiger partial charge < -0.3 is 34.6 Å². The highest BCUT2D eigenvalue weighted by atomic mass is 16.5. The average molecular weight is 438 g/mol. The first-order chi connectivity index (χ1) is 15.6. The number of hydrogen-bond acceptors (Lipinski definition) is 7. The summed E-state index contributed by atoms with van der Waals surface area (Å²) in [5, 5.41) is 7.60. The molecule has 168 valence electrons. The lowest BCUT2D eigenvalue weighted by atomic mass is 10.2. The second kappa shape index (κ2) is 9.67. The van der Waals surface area contributed by atoms with Crippen LogP contribution in [-0.4, -0.2) is 66.4 Å². The fourth-order valence-electron chi connectivity index (χ4n) is 3.34. The van der Waals surface area contributed by atoms with Gasteiger partial charge in [-0.1, -0.05) is 0 Å². The van der Waals surface area contributed by atoms with Crippen LogP contribution in [0.5, 0.6) is 11.5 Å². The van der Waals surface area contributed by atoms with Gasteiger partial charge in [-0.05, 0) is 18.2 Å². The Balaban J connectivity index is 1.61. The number of aromatic nitrogens is 4. The van der Waals surface area contributed by atoms with E-state index in [1.165, 1.54) is 0 Å². The molecule has 0 aliphatic heterocycles. The van der Waals surface area contributed by atoms with Crippen molar-refractivity contribution in [1.29, 1.82) is 5.41 Å². The van der Waals surface area contributed by atoms with Crippen molar-refractivity contribution in [2.75, 3.05) is 40.6 Å². The van der Waals surface area contributed by atoms with Gasteiger partial charge in [0.05, 0.1) is 36.2 Å². The minimum Gasteiger partial charge on any atom is -0.491 e.